The Kier molecular flexibility index (Phi) is 5.13. The number of allylic oxidation sites excluding steroid dienone is 2. The second-order valence-electron chi connectivity index (χ2n) is 8.84. The number of non-ortho nitro benzene ring substituents is 1. The molecule has 7 nitrogen and oxygen atoms in total. The second-order valence-corrected chi connectivity index (χ2v) is 8.84. The molecule has 1 unspecified atom stereocenters. The number of methoxy groups -OCH3 is 1. The molecule has 7 heteroatoms. The first-order valence-corrected chi connectivity index (χ1v) is 10.2. The number of ketones is 1. The summed E-state index contributed by atoms with van der Waals surface area (Å²) in [6, 6.07) is 13.5. The van der Waals surface area contributed by atoms with Crippen molar-refractivity contribution in [1.29, 1.82) is 0 Å². The maximum atomic E-state index is 13.4. The molecule has 1 aliphatic carbocycles. The third kappa shape index (κ3) is 3.83. The molecule has 4 rings (SSSR count). The van der Waals surface area contributed by atoms with E-state index in [0.29, 0.717) is 35.5 Å². The number of carbonyl (C=O) groups is 2. The highest BCUT2D eigenvalue weighted by atomic mass is 16.6. The van der Waals surface area contributed by atoms with Gasteiger partial charge in [-0.3, -0.25) is 24.6 Å². The van der Waals surface area contributed by atoms with E-state index in [1.54, 1.807) is 19.2 Å². The zero-order chi connectivity index (χ0) is 22.3. The molecule has 0 bridgehead atoms. The molecule has 0 spiro atoms. The van der Waals surface area contributed by atoms with Crippen LogP contribution < -0.4 is 9.64 Å². The van der Waals surface area contributed by atoms with Crippen molar-refractivity contribution >= 4 is 23.1 Å². The predicted octanol–water partition coefficient (Wildman–Crippen LogP) is 4.77. The van der Waals surface area contributed by atoms with Crippen LogP contribution in [0, 0.1) is 15.5 Å². The van der Waals surface area contributed by atoms with Crippen molar-refractivity contribution in [2.75, 3.05) is 12.0 Å². The quantitative estimate of drug-likeness (QED) is 0.525. The lowest BCUT2D eigenvalue weighted by Gasteiger charge is -2.42. The molecule has 0 saturated carbocycles. The van der Waals surface area contributed by atoms with Crippen LogP contribution in [0.3, 0.4) is 0 Å². The largest absolute Gasteiger partial charge is 0.497 e. The highest BCUT2D eigenvalue weighted by Gasteiger charge is 2.44. The van der Waals surface area contributed by atoms with Crippen LogP contribution in [0.5, 0.6) is 5.75 Å². The number of carbonyl (C=O) groups excluding carboxylic acids is 2. The van der Waals surface area contributed by atoms with E-state index < -0.39 is 4.92 Å². The summed E-state index contributed by atoms with van der Waals surface area (Å²) >= 11 is 0. The lowest BCUT2D eigenvalue weighted by molar-refractivity contribution is -0.384. The molecule has 2 aliphatic rings. The van der Waals surface area contributed by atoms with E-state index in [9.17, 15) is 19.7 Å². The maximum Gasteiger partial charge on any atom is 0.271 e. The van der Waals surface area contributed by atoms with Crippen LogP contribution in [-0.4, -0.2) is 23.7 Å². The van der Waals surface area contributed by atoms with Gasteiger partial charge in [-0.05, 0) is 35.6 Å². The molecule has 31 heavy (non-hydrogen) atoms. The van der Waals surface area contributed by atoms with Gasteiger partial charge in [0.15, 0.2) is 5.78 Å². The normalized spacial score (nSPS) is 20.5. The van der Waals surface area contributed by atoms with Gasteiger partial charge >= 0.3 is 0 Å². The number of nitro benzene ring substituents is 1. The molecule has 1 heterocycles. The van der Waals surface area contributed by atoms with Crippen LogP contribution in [0.15, 0.2) is 59.8 Å². The summed E-state index contributed by atoms with van der Waals surface area (Å²) in [6.07, 6.45) is 1.03. The number of hydrogen-bond donors (Lipinski definition) is 0. The number of nitrogens with zero attached hydrogens (tertiary/aromatic N) is 2. The van der Waals surface area contributed by atoms with E-state index in [4.69, 9.17) is 4.74 Å². The van der Waals surface area contributed by atoms with Gasteiger partial charge in [0.25, 0.3) is 5.69 Å². The van der Waals surface area contributed by atoms with Gasteiger partial charge in [-0.2, -0.15) is 0 Å². The molecule has 0 fully saturated rings. The van der Waals surface area contributed by atoms with Gasteiger partial charge < -0.3 is 4.74 Å². The average molecular weight is 420 g/mol. The lowest BCUT2D eigenvalue weighted by atomic mass is 9.69. The lowest BCUT2D eigenvalue weighted by Crippen LogP contribution is -2.43. The van der Waals surface area contributed by atoms with Gasteiger partial charge in [0.2, 0.25) is 5.91 Å². The molecule has 1 atom stereocenters. The predicted molar refractivity (Wildman–Crippen MR) is 116 cm³/mol. The van der Waals surface area contributed by atoms with Crippen LogP contribution >= 0.6 is 0 Å². The number of rotatable bonds is 4. The fraction of sp³-hybridized carbons (Fsp3) is 0.333. The SMILES string of the molecule is COc1cccc(C2CC(=O)N(c3cccc([N+](=O)[O-])c3)C3=C2C(=O)CC(C)(C)C3)c1. The zero-order valence-corrected chi connectivity index (χ0v) is 17.8. The van der Waals surface area contributed by atoms with Gasteiger partial charge in [0, 0.05) is 42.2 Å². The Morgan fingerprint density at radius 2 is 1.84 bits per heavy atom. The Bertz CT molecular complexity index is 1120. The van der Waals surface area contributed by atoms with Crippen molar-refractivity contribution in [3.63, 3.8) is 0 Å². The molecule has 2 aromatic rings. The monoisotopic (exact) mass is 420 g/mol. The summed E-state index contributed by atoms with van der Waals surface area (Å²) in [4.78, 5) is 39.0. The minimum Gasteiger partial charge on any atom is -0.497 e. The van der Waals surface area contributed by atoms with Gasteiger partial charge in [-0.1, -0.05) is 32.0 Å². The molecule has 0 aromatic heterocycles. The molecule has 0 N–H and O–H groups in total. The Hall–Kier alpha value is -3.48. The van der Waals surface area contributed by atoms with Crippen molar-refractivity contribution in [1.82, 2.24) is 0 Å². The number of Topliss-reactive ketones (excluding diaryl/α,β-unsaturated/α-hetero) is 1. The first-order valence-electron chi connectivity index (χ1n) is 10.2. The zero-order valence-electron chi connectivity index (χ0n) is 17.8. The second kappa shape index (κ2) is 7.65. The van der Waals surface area contributed by atoms with Crippen molar-refractivity contribution in [3.8, 4) is 5.75 Å². The Morgan fingerprint density at radius 3 is 2.55 bits per heavy atom. The molecular weight excluding hydrogens is 396 g/mol. The molecule has 160 valence electrons. The number of benzene rings is 2. The van der Waals surface area contributed by atoms with E-state index >= 15 is 0 Å². The van der Waals surface area contributed by atoms with Gasteiger partial charge in [-0.25, -0.2) is 0 Å². The van der Waals surface area contributed by atoms with Crippen molar-refractivity contribution in [2.24, 2.45) is 5.41 Å². The van der Waals surface area contributed by atoms with E-state index in [2.05, 4.69) is 0 Å². The van der Waals surface area contributed by atoms with Gasteiger partial charge in [-0.15, -0.1) is 0 Å². The number of anilines is 1. The van der Waals surface area contributed by atoms with Gasteiger partial charge in [0.05, 0.1) is 17.7 Å². The van der Waals surface area contributed by atoms with E-state index in [1.165, 1.54) is 17.0 Å². The minimum atomic E-state index is -0.484. The van der Waals surface area contributed by atoms with Crippen molar-refractivity contribution in [2.45, 2.75) is 39.0 Å². The third-order valence-electron chi connectivity index (χ3n) is 5.94. The van der Waals surface area contributed by atoms with Gasteiger partial charge in [0.1, 0.15) is 5.75 Å². The minimum absolute atomic E-state index is 0.0157. The van der Waals surface area contributed by atoms with Crippen molar-refractivity contribution in [3.05, 3.63) is 75.5 Å². The highest BCUT2D eigenvalue weighted by molar-refractivity contribution is 6.08. The average Bonchev–Trinajstić information content (AvgIpc) is 2.72. The summed E-state index contributed by atoms with van der Waals surface area (Å²) in [6.45, 7) is 4.00. The Balaban J connectivity index is 1.89. The number of nitro groups is 1. The summed E-state index contributed by atoms with van der Waals surface area (Å²) in [7, 11) is 1.58. The number of ether oxygens (including phenoxy) is 1. The first kappa shape index (κ1) is 20.8. The maximum absolute atomic E-state index is 13.4. The fourth-order valence-electron chi connectivity index (χ4n) is 4.60. The molecule has 0 saturated heterocycles. The first-order chi connectivity index (χ1) is 14.7. The Labute approximate surface area is 180 Å². The smallest absolute Gasteiger partial charge is 0.271 e. The van der Waals surface area contributed by atoms with E-state index in [-0.39, 0.29) is 35.1 Å². The Morgan fingerprint density at radius 1 is 1.10 bits per heavy atom. The summed E-state index contributed by atoms with van der Waals surface area (Å²) in [5.41, 5.74) is 2.13. The molecular formula is C24H24N2O5. The van der Waals surface area contributed by atoms with Crippen LogP contribution in [0.1, 0.15) is 44.6 Å². The summed E-state index contributed by atoms with van der Waals surface area (Å²) < 4.78 is 5.33. The standard InChI is InChI=1S/C24H24N2O5/c1-24(2)13-20-23(21(27)14-24)19(15-6-4-9-18(10-15)31-3)12-22(28)25(20)16-7-5-8-17(11-16)26(29)30/h4-11,19H,12-14H2,1-3H3. The molecule has 1 amide bonds. The topological polar surface area (TPSA) is 89.8 Å². The highest BCUT2D eigenvalue weighted by Crippen LogP contribution is 2.48. The van der Waals surface area contributed by atoms with E-state index in [0.717, 1.165) is 5.56 Å². The van der Waals surface area contributed by atoms with Crippen LogP contribution in [0.4, 0.5) is 11.4 Å². The van der Waals surface area contributed by atoms with Crippen molar-refractivity contribution < 1.29 is 19.2 Å². The summed E-state index contributed by atoms with van der Waals surface area (Å²) in [5, 5.41) is 11.3. The molecule has 1 aliphatic heterocycles. The fourth-order valence-corrected chi connectivity index (χ4v) is 4.60. The van der Waals surface area contributed by atoms with E-state index in [1.807, 2.05) is 38.1 Å². The van der Waals surface area contributed by atoms with Crippen LogP contribution in [0.2, 0.25) is 0 Å². The molecule has 0 radical (unpaired) electrons. The van der Waals surface area contributed by atoms with Crippen LogP contribution in [-0.2, 0) is 9.59 Å². The number of hydrogen-bond acceptors (Lipinski definition) is 5. The number of amides is 1. The summed E-state index contributed by atoms with van der Waals surface area (Å²) in [5.74, 6) is 0.132. The van der Waals surface area contributed by atoms with Crippen LogP contribution in [0.25, 0.3) is 0 Å². The third-order valence-corrected chi connectivity index (χ3v) is 5.94. The molecule has 2 aromatic carbocycles.